The summed E-state index contributed by atoms with van der Waals surface area (Å²) in [5.74, 6) is 0. The van der Waals surface area contributed by atoms with Crippen LogP contribution in [0.15, 0.2) is 47.4 Å². The normalized spacial score (nSPS) is 11.4. The molecule has 0 spiro atoms. The fourth-order valence-electron chi connectivity index (χ4n) is 2.42. The number of anilines is 1. The molecule has 0 aliphatic carbocycles. The van der Waals surface area contributed by atoms with Crippen LogP contribution in [0.2, 0.25) is 0 Å². The lowest BCUT2D eigenvalue weighted by Crippen LogP contribution is -2.31. The summed E-state index contributed by atoms with van der Waals surface area (Å²) < 4.78 is 27.5. The third-order valence-corrected chi connectivity index (χ3v) is 5.61. The molecule has 0 radical (unpaired) electrons. The van der Waals surface area contributed by atoms with Crippen molar-refractivity contribution in [2.75, 3.05) is 10.8 Å². The van der Waals surface area contributed by atoms with Crippen molar-refractivity contribution < 1.29 is 8.42 Å². The van der Waals surface area contributed by atoms with Gasteiger partial charge in [-0.15, -0.1) is 0 Å². The van der Waals surface area contributed by atoms with Crippen molar-refractivity contribution in [3.63, 3.8) is 0 Å². The maximum absolute atomic E-state index is 13.0. The van der Waals surface area contributed by atoms with Gasteiger partial charge < -0.3 is 0 Å². The van der Waals surface area contributed by atoms with E-state index in [4.69, 9.17) is 0 Å². The molecule has 2 rings (SSSR count). The third-order valence-electron chi connectivity index (χ3n) is 3.58. The van der Waals surface area contributed by atoms with Crippen LogP contribution < -0.4 is 4.31 Å². The van der Waals surface area contributed by atoms with Gasteiger partial charge in [0.25, 0.3) is 10.0 Å². The quantitative estimate of drug-likeness (QED) is 0.861. The van der Waals surface area contributed by atoms with Gasteiger partial charge in [-0.3, -0.25) is 4.31 Å². The van der Waals surface area contributed by atoms with E-state index in [9.17, 15) is 8.42 Å². The van der Waals surface area contributed by atoms with E-state index in [1.165, 1.54) is 4.31 Å². The molecule has 0 aliphatic heterocycles. The minimum absolute atomic E-state index is 0.382. The van der Waals surface area contributed by atoms with Gasteiger partial charge in [0.15, 0.2) is 0 Å². The van der Waals surface area contributed by atoms with Crippen molar-refractivity contribution in [1.82, 2.24) is 0 Å². The van der Waals surface area contributed by atoms with Crippen molar-refractivity contribution in [3.8, 4) is 0 Å². The fraction of sp³-hybridized carbons (Fsp3) is 0.294. The first-order chi connectivity index (χ1) is 9.87. The maximum atomic E-state index is 13.0. The number of rotatable bonds is 4. The summed E-state index contributed by atoms with van der Waals surface area (Å²) in [6, 6.07) is 13.1. The predicted octanol–water partition coefficient (Wildman–Crippen LogP) is 3.83. The molecule has 21 heavy (non-hydrogen) atoms. The number of nitrogens with zero attached hydrogens (tertiary/aromatic N) is 1. The second kappa shape index (κ2) is 5.90. The summed E-state index contributed by atoms with van der Waals surface area (Å²) in [6.07, 6.45) is 0. The molecule has 0 N–H and O–H groups in total. The molecule has 0 heterocycles. The molecule has 0 amide bonds. The monoisotopic (exact) mass is 303 g/mol. The summed E-state index contributed by atoms with van der Waals surface area (Å²) in [6.45, 7) is 7.92. The summed E-state index contributed by atoms with van der Waals surface area (Å²) in [7, 11) is -3.55. The van der Waals surface area contributed by atoms with Crippen LogP contribution in [0.5, 0.6) is 0 Å². The lowest BCUT2D eigenvalue weighted by molar-refractivity contribution is 0.591. The molecule has 0 bridgehead atoms. The largest absolute Gasteiger partial charge is 0.266 e. The van der Waals surface area contributed by atoms with Crippen molar-refractivity contribution in [2.24, 2.45) is 0 Å². The molecule has 0 aromatic heterocycles. The number of hydrogen-bond donors (Lipinski definition) is 0. The summed E-state index contributed by atoms with van der Waals surface area (Å²) >= 11 is 0. The Hall–Kier alpha value is -1.81. The molecule has 4 heteroatoms. The molecule has 0 fully saturated rings. The minimum Gasteiger partial charge on any atom is -0.266 e. The van der Waals surface area contributed by atoms with E-state index >= 15 is 0 Å². The second-order valence-corrected chi connectivity index (χ2v) is 7.06. The first-order valence-electron chi connectivity index (χ1n) is 7.03. The van der Waals surface area contributed by atoms with Gasteiger partial charge in [-0.25, -0.2) is 8.42 Å². The molecule has 0 saturated carbocycles. The number of aryl methyl sites for hydroxylation is 3. The first kappa shape index (κ1) is 15.6. The molecular formula is C17H21NO2S. The molecule has 2 aromatic carbocycles. The molecule has 112 valence electrons. The van der Waals surface area contributed by atoms with Gasteiger partial charge in [0.05, 0.1) is 10.6 Å². The Bertz CT molecular complexity index is 751. The average molecular weight is 303 g/mol. The SMILES string of the molecule is CCN(c1ccccc1C)S(=O)(=O)c1cc(C)ccc1C. The zero-order chi connectivity index (χ0) is 15.6. The molecule has 0 unspecified atom stereocenters. The van der Waals surface area contributed by atoms with Crippen molar-refractivity contribution in [3.05, 3.63) is 59.2 Å². The van der Waals surface area contributed by atoms with E-state index in [0.29, 0.717) is 11.4 Å². The Morgan fingerprint density at radius 2 is 1.62 bits per heavy atom. The van der Waals surface area contributed by atoms with E-state index in [-0.39, 0.29) is 0 Å². The highest BCUT2D eigenvalue weighted by atomic mass is 32.2. The minimum atomic E-state index is -3.55. The topological polar surface area (TPSA) is 37.4 Å². The van der Waals surface area contributed by atoms with Gasteiger partial charge in [0, 0.05) is 6.54 Å². The predicted molar refractivity (Wildman–Crippen MR) is 87.3 cm³/mol. The van der Waals surface area contributed by atoms with E-state index in [2.05, 4.69) is 0 Å². The molecule has 3 nitrogen and oxygen atoms in total. The van der Waals surface area contributed by atoms with Crippen LogP contribution >= 0.6 is 0 Å². The molecule has 0 saturated heterocycles. The van der Waals surface area contributed by atoms with Crippen LogP contribution in [-0.2, 0) is 10.0 Å². The van der Waals surface area contributed by atoms with Gasteiger partial charge in [-0.2, -0.15) is 0 Å². The summed E-state index contributed by atoms with van der Waals surface area (Å²) in [5.41, 5.74) is 3.40. The van der Waals surface area contributed by atoms with Crippen LogP contribution in [-0.4, -0.2) is 15.0 Å². The molecule has 0 atom stereocenters. The number of para-hydroxylation sites is 1. The van der Waals surface area contributed by atoms with E-state index in [1.807, 2.05) is 64.1 Å². The van der Waals surface area contributed by atoms with Gasteiger partial charge in [0.1, 0.15) is 0 Å². The third kappa shape index (κ3) is 2.95. The molecular weight excluding hydrogens is 282 g/mol. The number of benzene rings is 2. The zero-order valence-electron chi connectivity index (χ0n) is 12.9. The van der Waals surface area contributed by atoms with E-state index in [0.717, 1.165) is 22.4 Å². The Morgan fingerprint density at radius 1 is 0.952 bits per heavy atom. The van der Waals surface area contributed by atoms with Gasteiger partial charge >= 0.3 is 0 Å². The lowest BCUT2D eigenvalue weighted by atomic mass is 10.2. The Morgan fingerprint density at radius 3 is 2.24 bits per heavy atom. The van der Waals surface area contributed by atoms with Gasteiger partial charge in [-0.1, -0.05) is 30.3 Å². The first-order valence-corrected chi connectivity index (χ1v) is 8.47. The van der Waals surface area contributed by atoms with Crippen LogP contribution in [0.4, 0.5) is 5.69 Å². The van der Waals surface area contributed by atoms with Crippen LogP contribution in [0.3, 0.4) is 0 Å². The summed E-state index contributed by atoms with van der Waals surface area (Å²) in [5, 5.41) is 0. The Labute approximate surface area is 127 Å². The van der Waals surface area contributed by atoms with Gasteiger partial charge in [0.2, 0.25) is 0 Å². The standard InChI is InChI=1S/C17H21NO2S/c1-5-18(16-9-7-6-8-14(16)3)21(19,20)17-12-13(2)10-11-15(17)4/h6-12H,5H2,1-4H3. The van der Waals surface area contributed by atoms with Crippen molar-refractivity contribution in [2.45, 2.75) is 32.6 Å². The zero-order valence-corrected chi connectivity index (χ0v) is 13.7. The fourth-order valence-corrected chi connectivity index (χ4v) is 4.27. The number of sulfonamides is 1. The Kier molecular flexibility index (Phi) is 4.37. The highest BCUT2D eigenvalue weighted by Gasteiger charge is 2.26. The van der Waals surface area contributed by atoms with Crippen molar-refractivity contribution >= 4 is 15.7 Å². The Balaban J connectivity index is 2.61. The molecule has 2 aromatic rings. The molecule has 0 aliphatic rings. The lowest BCUT2D eigenvalue weighted by Gasteiger charge is -2.25. The van der Waals surface area contributed by atoms with Crippen LogP contribution in [0.25, 0.3) is 0 Å². The highest BCUT2D eigenvalue weighted by molar-refractivity contribution is 7.92. The smallest absolute Gasteiger partial charge is 0.264 e. The van der Waals surface area contributed by atoms with Crippen molar-refractivity contribution in [1.29, 1.82) is 0 Å². The average Bonchev–Trinajstić information content (AvgIpc) is 2.44. The van der Waals surface area contributed by atoms with Gasteiger partial charge in [-0.05, 0) is 56.5 Å². The highest BCUT2D eigenvalue weighted by Crippen LogP contribution is 2.28. The number of hydrogen-bond acceptors (Lipinski definition) is 2. The van der Waals surface area contributed by atoms with E-state index in [1.54, 1.807) is 6.07 Å². The maximum Gasteiger partial charge on any atom is 0.264 e. The summed E-state index contributed by atoms with van der Waals surface area (Å²) in [4.78, 5) is 0.382. The van der Waals surface area contributed by atoms with E-state index < -0.39 is 10.0 Å². The van der Waals surface area contributed by atoms with Crippen LogP contribution in [0, 0.1) is 20.8 Å². The van der Waals surface area contributed by atoms with Crippen LogP contribution in [0.1, 0.15) is 23.6 Å². The second-order valence-electron chi connectivity index (χ2n) is 5.23.